The molecule has 2 heterocycles. The molecule has 0 aliphatic carbocycles. The molecule has 2 aromatic heterocycles. The predicted molar refractivity (Wildman–Crippen MR) is 62.4 cm³/mol. The van der Waals surface area contributed by atoms with Crippen molar-refractivity contribution in [2.24, 2.45) is 0 Å². The van der Waals surface area contributed by atoms with Crippen LogP contribution in [0.15, 0.2) is 16.9 Å². The smallest absolute Gasteiger partial charge is 0.223 e. The third-order valence-corrected chi connectivity index (χ3v) is 2.35. The van der Waals surface area contributed by atoms with Crippen molar-refractivity contribution >= 4 is 5.82 Å². The second kappa shape index (κ2) is 5.23. The fraction of sp³-hybridized carbons (Fsp3) is 0.364. The van der Waals surface area contributed by atoms with Crippen LogP contribution >= 0.6 is 0 Å². The normalized spacial score (nSPS) is 11.8. The minimum atomic E-state index is -0.0929. The van der Waals surface area contributed by atoms with Crippen LogP contribution in [0.4, 0.5) is 5.82 Å². The molecule has 7 heteroatoms. The van der Waals surface area contributed by atoms with Crippen molar-refractivity contribution in [1.82, 2.24) is 20.1 Å². The highest BCUT2D eigenvalue weighted by Gasteiger charge is 2.15. The molecule has 1 atom stereocenters. The molecule has 0 amide bonds. The summed E-state index contributed by atoms with van der Waals surface area (Å²) in [7, 11) is 0. The maximum absolute atomic E-state index is 8.63. The molecular weight excluding hydrogens is 232 g/mol. The van der Waals surface area contributed by atoms with Crippen LogP contribution in [-0.2, 0) is 0 Å². The number of nitrogens with one attached hydrogen (secondary N) is 1. The van der Waals surface area contributed by atoms with Crippen LogP contribution in [0.25, 0.3) is 0 Å². The van der Waals surface area contributed by atoms with Gasteiger partial charge in [-0.05, 0) is 6.42 Å². The highest BCUT2D eigenvalue weighted by molar-refractivity contribution is 5.35. The van der Waals surface area contributed by atoms with Gasteiger partial charge in [0.1, 0.15) is 11.9 Å². The topological polar surface area (TPSA) is 101 Å². The molecule has 0 radical (unpaired) electrons. The van der Waals surface area contributed by atoms with Gasteiger partial charge in [-0.3, -0.25) is 0 Å². The zero-order chi connectivity index (χ0) is 13.0. The molecule has 0 aromatic carbocycles. The maximum atomic E-state index is 8.63. The summed E-state index contributed by atoms with van der Waals surface area (Å²) < 4.78 is 4.94. The fourth-order valence-electron chi connectivity index (χ4n) is 1.44. The monoisotopic (exact) mass is 244 g/mol. The summed E-state index contributed by atoms with van der Waals surface area (Å²) in [6.07, 6.45) is 3.70. The van der Waals surface area contributed by atoms with Crippen LogP contribution in [0.5, 0.6) is 0 Å². The highest BCUT2D eigenvalue weighted by atomic mass is 16.5. The summed E-state index contributed by atoms with van der Waals surface area (Å²) in [6.45, 7) is 3.74. The molecule has 2 rings (SSSR count). The Kier molecular flexibility index (Phi) is 3.48. The van der Waals surface area contributed by atoms with Crippen LogP contribution in [0.3, 0.4) is 0 Å². The van der Waals surface area contributed by atoms with Crippen LogP contribution in [0, 0.1) is 18.3 Å². The Morgan fingerprint density at radius 2 is 2.28 bits per heavy atom. The van der Waals surface area contributed by atoms with Gasteiger partial charge in [0.05, 0.1) is 18.4 Å². The minimum Gasteiger partial charge on any atom is -0.359 e. The van der Waals surface area contributed by atoms with Crippen LogP contribution in [0.2, 0.25) is 0 Å². The van der Waals surface area contributed by atoms with Crippen molar-refractivity contribution in [3.8, 4) is 6.07 Å². The number of aryl methyl sites for hydroxylation is 1. The first-order valence-corrected chi connectivity index (χ1v) is 5.51. The van der Waals surface area contributed by atoms with E-state index in [4.69, 9.17) is 9.78 Å². The van der Waals surface area contributed by atoms with Gasteiger partial charge >= 0.3 is 0 Å². The first-order chi connectivity index (χ1) is 8.72. The third-order valence-electron chi connectivity index (χ3n) is 2.35. The molecule has 0 saturated carbocycles. The van der Waals surface area contributed by atoms with E-state index in [1.165, 1.54) is 12.4 Å². The van der Waals surface area contributed by atoms with Crippen molar-refractivity contribution in [3.63, 3.8) is 0 Å². The van der Waals surface area contributed by atoms with E-state index >= 15 is 0 Å². The van der Waals surface area contributed by atoms with Gasteiger partial charge in [0.15, 0.2) is 11.5 Å². The van der Waals surface area contributed by atoms with Crippen LogP contribution in [0.1, 0.15) is 36.8 Å². The average Bonchev–Trinajstić information content (AvgIpc) is 2.83. The molecule has 1 N–H and O–H groups in total. The molecule has 0 saturated heterocycles. The van der Waals surface area contributed by atoms with E-state index in [1.807, 2.05) is 13.0 Å². The quantitative estimate of drug-likeness (QED) is 0.871. The van der Waals surface area contributed by atoms with Gasteiger partial charge in [0, 0.05) is 6.92 Å². The van der Waals surface area contributed by atoms with E-state index in [-0.39, 0.29) is 11.7 Å². The highest BCUT2D eigenvalue weighted by Crippen LogP contribution is 2.18. The zero-order valence-electron chi connectivity index (χ0n) is 10.1. The Bertz CT molecular complexity index is 556. The van der Waals surface area contributed by atoms with Crippen molar-refractivity contribution in [1.29, 1.82) is 5.26 Å². The first kappa shape index (κ1) is 12.0. The van der Waals surface area contributed by atoms with E-state index < -0.39 is 0 Å². The number of nitriles is 1. The molecule has 0 fully saturated rings. The molecule has 0 bridgehead atoms. The molecule has 18 heavy (non-hydrogen) atoms. The number of nitrogens with zero attached hydrogens (tertiary/aromatic N) is 5. The van der Waals surface area contributed by atoms with Gasteiger partial charge in [-0.25, -0.2) is 9.97 Å². The zero-order valence-corrected chi connectivity index (χ0v) is 10.1. The lowest BCUT2D eigenvalue weighted by Crippen LogP contribution is -2.12. The second-order valence-corrected chi connectivity index (χ2v) is 3.68. The standard InChI is InChI=1S/C11H12N6O/c1-3-9(11-15-7(2)18-17-11)16-10-6-13-8(4-12)5-14-10/h5-6,9H,3H2,1-2H3,(H,14,16). The number of aromatic nitrogens is 4. The molecule has 0 spiro atoms. The Morgan fingerprint density at radius 1 is 1.44 bits per heavy atom. The molecular formula is C11H12N6O. The number of anilines is 1. The van der Waals surface area contributed by atoms with Gasteiger partial charge in [-0.15, -0.1) is 0 Å². The molecule has 1 unspecified atom stereocenters. The van der Waals surface area contributed by atoms with Gasteiger partial charge in [-0.2, -0.15) is 10.2 Å². The van der Waals surface area contributed by atoms with E-state index in [1.54, 1.807) is 6.92 Å². The lowest BCUT2D eigenvalue weighted by Gasteiger charge is -2.12. The summed E-state index contributed by atoms with van der Waals surface area (Å²) in [5.74, 6) is 1.68. The Labute approximate surface area is 104 Å². The maximum Gasteiger partial charge on any atom is 0.223 e. The Hall–Kier alpha value is -2.49. The Morgan fingerprint density at radius 3 is 2.78 bits per heavy atom. The van der Waals surface area contributed by atoms with Crippen LogP contribution in [-0.4, -0.2) is 20.1 Å². The Balaban J connectivity index is 2.13. The number of hydrogen-bond donors (Lipinski definition) is 1. The molecule has 92 valence electrons. The largest absolute Gasteiger partial charge is 0.359 e. The first-order valence-electron chi connectivity index (χ1n) is 5.51. The van der Waals surface area contributed by atoms with Crippen molar-refractivity contribution in [3.05, 3.63) is 29.8 Å². The van der Waals surface area contributed by atoms with E-state index in [2.05, 4.69) is 25.4 Å². The van der Waals surface area contributed by atoms with Gasteiger partial charge < -0.3 is 9.84 Å². The lowest BCUT2D eigenvalue weighted by molar-refractivity contribution is 0.384. The van der Waals surface area contributed by atoms with Crippen LogP contribution < -0.4 is 5.32 Å². The van der Waals surface area contributed by atoms with E-state index in [9.17, 15) is 0 Å². The number of hydrogen-bond acceptors (Lipinski definition) is 7. The summed E-state index contributed by atoms with van der Waals surface area (Å²) in [5, 5.41) is 15.6. The molecule has 0 aliphatic heterocycles. The molecule has 2 aromatic rings. The molecule has 0 aliphatic rings. The summed E-state index contributed by atoms with van der Waals surface area (Å²) in [6, 6.07) is 1.82. The summed E-state index contributed by atoms with van der Waals surface area (Å²) in [5.41, 5.74) is 0.281. The van der Waals surface area contributed by atoms with Crippen molar-refractivity contribution in [2.45, 2.75) is 26.3 Å². The van der Waals surface area contributed by atoms with Crippen molar-refractivity contribution in [2.75, 3.05) is 5.32 Å². The summed E-state index contributed by atoms with van der Waals surface area (Å²) in [4.78, 5) is 12.2. The van der Waals surface area contributed by atoms with E-state index in [0.717, 1.165) is 6.42 Å². The minimum absolute atomic E-state index is 0.0929. The predicted octanol–water partition coefficient (Wildman–Crippen LogP) is 1.60. The van der Waals surface area contributed by atoms with Gasteiger partial charge in [0.2, 0.25) is 5.89 Å². The van der Waals surface area contributed by atoms with E-state index in [0.29, 0.717) is 17.5 Å². The van der Waals surface area contributed by atoms with Crippen molar-refractivity contribution < 1.29 is 4.52 Å². The van der Waals surface area contributed by atoms with Gasteiger partial charge in [0.25, 0.3) is 0 Å². The second-order valence-electron chi connectivity index (χ2n) is 3.68. The SMILES string of the molecule is CCC(Nc1cnc(C#N)cn1)c1noc(C)n1. The lowest BCUT2D eigenvalue weighted by atomic mass is 10.2. The molecule has 7 nitrogen and oxygen atoms in total. The summed E-state index contributed by atoms with van der Waals surface area (Å²) >= 11 is 0. The third kappa shape index (κ3) is 2.60. The van der Waals surface area contributed by atoms with Gasteiger partial charge in [-0.1, -0.05) is 12.1 Å². The average molecular weight is 244 g/mol. The fourth-order valence-corrected chi connectivity index (χ4v) is 1.44. The number of rotatable bonds is 4.